The first kappa shape index (κ1) is 16.8. The Kier molecular flexibility index (Phi) is 4.62. The summed E-state index contributed by atoms with van der Waals surface area (Å²) in [5.41, 5.74) is 0.661. The number of rotatable bonds is 5. The minimum atomic E-state index is -0.459. The minimum Gasteiger partial charge on any atom is -0.456 e. The zero-order valence-electron chi connectivity index (χ0n) is 13.4. The minimum absolute atomic E-state index is 0.0404. The van der Waals surface area contributed by atoms with Crippen molar-refractivity contribution in [3.63, 3.8) is 0 Å². The Balaban J connectivity index is 1.90. The van der Waals surface area contributed by atoms with E-state index in [0.717, 1.165) is 6.42 Å². The van der Waals surface area contributed by atoms with Crippen molar-refractivity contribution in [2.24, 2.45) is 0 Å². The predicted octanol–water partition coefficient (Wildman–Crippen LogP) is 3.32. The van der Waals surface area contributed by atoms with Crippen molar-refractivity contribution in [2.75, 3.05) is 6.54 Å². The lowest BCUT2D eigenvalue weighted by molar-refractivity contribution is -0.384. The van der Waals surface area contributed by atoms with Gasteiger partial charge in [0, 0.05) is 18.7 Å². The number of carbonyl (C=O) groups excluding carboxylic acids is 1. The van der Waals surface area contributed by atoms with Crippen LogP contribution in [0.4, 0.5) is 5.69 Å². The second-order valence-electron chi connectivity index (χ2n) is 5.42. The summed E-state index contributed by atoms with van der Waals surface area (Å²) < 4.78 is 5.67. The van der Waals surface area contributed by atoms with Gasteiger partial charge in [-0.05, 0) is 36.8 Å². The number of nitro groups is 1. The number of nitro benzene ring substituents is 1. The second kappa shape index (κ2) is 6.86. The molecule has 0 aliphatic carbocycles. The fourth-order valence-corrected chi connectivity index (χ4v) is 2.84. The van der Waals surface area contributed by atoms with Gasteiger partial charge in [-0.25, -0.2) is 0 Å². The van der Waals surface area contributed by atoms with E-state index in [1.165, 1.54) is 11.0 Å². The van der Waals surface area contributed by atoms with Gasteiger partial charge in [-0.2, -0.15) is 0 Å². The van der Waals surface area contributed by atoms with Gasteiger partial charge in [0.1, 0.15) is 17.2 Å². The van der Waals surface area contributed by atoms with Gasteiger partial charge in [-0.15, -0.1) is 0 Å². The third kappa shape index (κ3) is 3.29. The number of hydrogen-bond donors (Lipinski definition) is 1. The Labute approximate surface area is 149 Å². The molecule has 0 radical (unpaired) electrons. The monoisotopic (exact) mass is 357 g/mol. The van der Waals surface area contributed by atoms with Crippen LogP contribution in [-0.4, -0.2) is 27.4 Å². The maximum Gasteiger partial charge on any atom is 0.280 e. The van der Waals surface area contributed by atoms with Crippen molar-refractivity contribution < 1.29 is 14.1 Å². The van der Waals surface area contributed by atoms with E-state index in [2.05, 4.69) is 5.32 Å². The fourth-order valence-electron chi connectivity index (χ4n) is 2.56. The molecule has 1 amide bonds. The summed E-state index contributed by atoms with van der Waals surface area (Å²) in [7, 11) is 0. The molecular formula is C17H15N3O4S. The van der Waals surface area contributed by atoms with Crippen LogP contribution in [0.3, 0.4) is 0 Å². The maximum atomic E-state index is 12.3. The number of hydrogen-bond acceptors (Lipinski definition) is 5. The van der Waals surface area contributed by atoms with Gasteiger partial charge in [0.25, 0.3) is 11.6 Å². The topological polar surface area (TPSA) is 88.6 Å². The Bertz CT molecular complexity index is 888. The van der Waals surface area contributed by atoms with Crippen molar-refractivity contribution in [2.45, 2.75) is 13.3 Å². The summed E-state index contributed by atoms with van der Waals surface area (Å²) in [6, 6.07) is 9.61. The first-order valence-corrected chi connectivity index (χ1v) is 8.10. The van der Waals surface area contributed by atoms with E-state index >= 15 is 0 Å². The molecule has 1 fully saturated rings. The standard InChI is InChI=1S/C17H15N3O4S/c1-2-9-19-16(21)13(18-17(19)25)10-11-7-8-15(24-11)12-5-3-4-6-14(12)20(22)23/h3-8,10H,2,9H2,1H3,(H,18,25)/b13-10-. The van der Waals surface area contributed by atoms with E-state index in [1.54, 1.807) is 36.4 Å². The molecular weight excluding hydrogens is 342 g/mol. The quantitative estimate of drug-likeness (QED) is 0.382. The molecule has 3 rings (SSSR count). The Morgan fingerprint density at radius 1 is 1.32 bits per heavy atom. The number of para-hydroxylation sites is 1. The number of nitrogens with zero attached hydrogens (tertiary/aromatic N) is 2. The van der Waals surface area contributed by atoms with Crippen molar-refractivity contribution in [1.29, 1.82) is 0 Å². The van der Waals surface area contributed by atoms with Gasteiger partial charge in [0.05, 0.1) is 10.5 Å². The highest BCUT2D eigenvalue weighted by Gasteiger charge is 2.30. The summed E-state index contributed by atoms with van der Waals surface area (Å²) in [5, 5.41) is 14.4. The third-order valence-electron chi connectivity index (χ3n) is 3.69. The number of thiocarbonyl (C=S) groups is 1. The molecule has 2 heterocycles. The van der Waals surface area contributed by atoms with Crippen LogP contribution in [-0.2, 0) is 4.79 Å². The molecule has 128 valence electrons. The SMILES string of the molecule is CCCN1C(=O)/C(=C/c2ccc(-c3ccccc3[N+](=O)[O-])o2)NC1=S. The lowest BCUT2D eigenvalue weighted by atomic mass is 10.1. The molecule has 1 aliphatic rings. The largest absolute Gasteiger partial charge is 0.456 e. The molecule has 0 spiro atoms. The summed E-state index contributed by atoms with van der Waals surface area (Å²) in [5.74, 6) is 0.554. The van der Waals surface area contributed by atoms with Gasteiger partial charge in [0.15, 0.2) is 5.11 Å². The van der Waals surface area contributed by atoms with Gasteiger partial charge in [0.2, 0.25) is 0 Å². The summed E-state index contributed by atoms with van der Waals surface area (Å²) >= 11 is 5.15. The molecule has 1 aliphatic heterocycles. The molecule has 1 aromatic heterocycles. The van der Waals surface area contributed by atoms with Crippen LogP contribution in [0.15, 0.2) is 46.5 Å². The van der Waals surface area contributed by atoms with E-state index in [0.29, 0.717) is 34.4 Å². The van der Waals surface area contributed by atoms with Crippen LogP contribution < -0.4 is 5.32 Å². The van der Waals surface area contributed by atoms with Crippen LogP contribution >= 0.6 is 12.2 Å². The van der Waals surface area contributed by atoms with E-state index < -0.39 is 4.92 Å². The molecule has 0 saturated carbocycles. The maximum absolute atomic E-state index is 12.3. The average molecular weight is 357 g/mol. The number of benzene rings is 1. The summed E-state index contributed by atoms with van der Waals surface area (Å²) in [6.07, 6.45) is 2.34. The lowest BCUT2D eigenvalue weighted by Crippen LogP contribution is -2.31. The predicted molar refractivity (Wildman–Crippen MR) is 96.5 cm³/mol. The Morgan fingerprint density at radius 3 is 2.80 bits per heavy atom. The van der Waals surface area contributed by atoms with Gasteiger partial charge < -0.3 is 9.73 Å². The van der Waals surface area contributed by atoms with Crippen LogP contribution in [0, 0.1) is 10.1 Å². The van der Waals surface area contributed by atoms with E-state index in [1.807, 2.05) is 6.92 Å². The van der Waals surface area contributed by atoms with E-state index in [4.69, 9.17) is 16.6 Å². The number of furan rings is 1. The average Bonchev–Trinajstić information content (AvgIpc) is 3.16. The third-order valence-corrected chi connectivity index (χ3v) is 4.01. The van der Waals surface area contributed by atoms with E-state index in [9.17, 15) is 14.9 Å². The molecule has 1 aromatic carbocycles. The van der Waals surface area contributed by atoms with Crippen molar-refractivity contribution in [3.05, 3.63) is 58.0 Å². The smallest absolute Gasteiger partial charge is 0.280 e. The van der Waals surface area contributed by atoms with Crippen LogP contribution in [0.25, 0.3) is 17.4 Å². The summed E-state index contributed by atoms with van der Waals surface area (Å²) in [4.78, 5) is 24.5. The molecule has 8 heteroatoms. The molecule has 0 unspecified atom stereocenters. The van der Waals surface area contributed by atoms with Crippen molar-refractivity contribution in [1.82, 2.24) is 10.2 Å². The fraction of sp³-hybridized carbons (Fsp3) is 0.176. The molecule has 7 nitrogen and oxygen atoms in total. The highest BCUT2D eigenvalue weighted by atomic mass is 32.1. The molecule has 0 atom stereocenters. The number of carbonyl (C=O) groups is 1. The van der Waals surface area contributed by atoms with Crippen LogP contribution in [0.2, 0.25) is 0 Å². The normalized spacial score (nSPS) is 15.7. The zero-order chi connectivity index (χ0) is 18.0. The van der Waals surface area contributed by atoms with Gasteiger partial charge >= 0.3 is 0 Å². The van der Waals surface area contributed by atoms with Crippen LogP contribution in [0.1, 0.15) is 19.1 Å². The first-order chi connectivity index (χ1) is 12.0. The second-order valence-corrected chi connectivity index (χ2v) is 5.81. The highest BCUT2D eigenvalue weighted by molar-refractivity contribution is 7.80. The molecule has 1 N–H and O–H groups in total. The number of nitrogens with one attached hydrogen (secondary N) is 1. The lowest BCUT2D eigenvalue weighted by Gasteiger charge is -2.11. The molecule has 0 bridgehead atoms. The molecule has 2 aromatic rings. The zero-order valence-corrected chi connectivity index (χ0v) is 14.2. The van der Waals surface area contributed by atoms with Crippen molar-refractivity contribution >= 4 is 35.0 Å². The molecule has 1 saturated heterocycles. The first-order valence-electron chi connectivity index (χ1n) is 7.69. The Hall–Kier alpha value is -3.00. The highest BCUT2D eigenvalue weighted by Crippen LogP contribution is 2.31. The van der Waals surface area contributed by atoms with E-state index in [-0.39, 0.29) is 11.6 Å². The Morgan fingerprint density at radius 2 is 2.08 bits per heavy atom. The molecule has 25 heavy (non-hydrogen) atoms. The number of amides is 1. The van der Waals surface area contributed by atoms with Crippen LogP contribution in [0.5, 0.6) is 0 Å². The summed E-state index contributed by atoms with van der Waals surface area (Å²) in [6.45, 7) is 2.50. The van der Waals surface area contributed by atoms with Crippen molar-refractivity contribution in [3.8, 4) is 11.3 Å². The van der Waals surface area contributed by atoms with Gasteiger partial charge in [-0.3, -0.25) is 19.8 Å². The van der Waals surface area contributed by atoms with Gasteiger partial charge in [-0.1, -0.05) is 19.1 Å².